The van der Waals surface area contributed by atoms with E-state index in [1.165, 1.54) is 0 Å². The molecule has 1 aromatic carbocycles. The van der Waals surface area contributed by atoms with Crippen LogP contribution in [0.3, 0.4) is 0 Å². The van der Waals surface area contributed by atoms with Crippen LogP contribution in [0.5, 0.6) is 0 Å². The van der Waals surface area contributed by atoms with E-state index in [4.69, 9.17) is 5.73 Å². The fraction of sp³-hybridized carbons (Fsp3) is 0.333. The molecule has 0 spiro atoms. The van der Waals surface area contributed by atoms with Gasteiger partial charge in [0.25, 0.3) is 5.91 Å². The summed E-state index contributed by atoms with van der Waals surface area (Å²) < 4.78 is 0. The normalized spacial score (nSPS) is 9.30. The lowest BCUT2D eigenvalue weighted by Gasteiger charge is -2.06. The van der Waals surface area contributed by atoms with E-state index in [-0.39, 0.29) is 24.9 Å². The van der Waals surface area contributed by atoms with E-state index in [0.29, 0.717) is 12.1 Å². The highest BCUT2D eigenvalue weighted by Crippen LogP contribution is 2.03. The quantitative estimate of drug-likeness (QED) is 0.672. The number of hydrogen-bond donors (Lipinski definition) is 3. The molecular weight excluding hydrogens is 254 g/mol. The van der Waals surface area contributed by atoms with Gasteiger partial charge in [0.05, 0.1) is 13.1 Å². The molecule has 0 radical (unpaired) electrons. The Morgan fingerprint density at radius 2 is 2.10 bits per heavy atom. The van der Waals surface area contributed by atoms with Gasteiger partial charge in [-0.2, -0.15) is 0 Å². The summed E-state index contributed by atoms with van der Waals surface area (Å²) in [7, 11) is 0. The molecule has 0 unspecified atom stereocenters. The van der Waals surface area contributed by atoms with Gasteiger partial charge in [-0.05, 0) is 24.6 Å². The van der Waals surface area contributed by atoms with Crippen LogP contribution in [-0.2, 0) is 4.79 Å². The van der Waals surface area contributed by atoms with Crippen LogP contribution in [-0.4, -0.2) is 31.4 Å². The average Bonchev–Trinajstić information content (AvgIpc) is 2.48. The Labute approximate surface area is 118 Å². The summed E-state index contributed by atoms with van der Waals surface area (Å²) in [6.45, 7) is 2.82. The van der Waals surface area contributed by atoms with Crippen molar-refractivity contribution in [2.45, 2.75) is 13.3 Å². The number of hydrogen-bond acceptors (Lipinski definition) is 3. The van der Waals surface area contributed by atoms with E-state index in [1.54, 1.807) is 24.3 Å². The fourth-order valence-electron chi connectivity index (χ4n) is 1.48. The minimum absolute atomic E-state index is 0.0302. The zero-order valence-electron chi connectivity index (χ0n) is 11.5. The van der Waals surface area contributed by atoms with Crippen LogP contribution in [0.25, 0.3) is 0 Å². The summed E-state index contributed by atoms with van der Waals surface area (Å²) in [5.74, 6) is 5.09. The lowest BCUT2D eigenvalue weighted by molar-refractivity contribution is -0.120. The van der Waals surface area contributed by atoms with Crippen molar-refractivity contribution < 1.29 is 9.59 Å². The third kappa shape index (κ3) is 5.55. The predicted molar refractivity (Wildman–Crippen MR) is 78.0 cm³/mol. The number of carbonyl (C=O) groups excluding carboxylic acids is 2. The monoisotopic (exact) mass is 273 g/mol. The third-order valence-electron chi connectivity index (χ3n) is 2.44. The summed E-state index contributed by atoms with van der Waals surface area (Å²) in [5.41, 5.74) is 6.49. The fourth-order valence-corrected chi connectivity index (χ4v) is 1.48. The molecule has 20 heavy (non-hydrogen) atoms. The molecule has 0 heterocycles. The van der Waals surface area contributed by atoms with Gasteiger partial charge in [-0.1, -0.05) is 24.8 Å². The number of amides is 2. The van der Waals surface area contributed by atoms with Gasteiger partial charge in [0, 0.05) is 17.7 Å². The van der Waals surface area contributed by atoms with Gasteiger partial charge >= 0.3 is 0 Å². The molecule has 5 nitrogen and oxygen atoms in total. The van der Waals surface area contributed by atoms with Crippen molar-refractivity contribution in [1.82, 2.24) is 10.6 Å². The minimum atomic E-state index is -0.298. The molecule has 0 aliphatic carbocycles. The summed E-state index contributed by atoms with van der Waals surface area (Å²) in [4.78, 5) is 23.3. The molecule has 0 aliphatic rings. The Hall–Kier alpha value is -2.32. The van der Waals surface area contributed by atoms with E-state index in [9.17, 15) is 9.59 Å². The Morgan fingerprint density at radius 3 is 2.80 bits per heavy atom. The SMILES string of the molecule is CCCNC(=O)CNC(=O)c1cccc(C#CCN)c1. The molecule has 1 aromatic rings. The molecule has 0 bridgehead atoms. The molecule has 1 rings (SSSR count). The van der Waals surface area contributed by atoms with Crippen molar-refractivity contribution in [3.8, 4) is 11.8 Å². The summed E-state index contributed by atoms with van der Waals surface area (Å²) in [6.07, 6.45) is 0.863. The highest BCUT2D eigenvalue weighted by molar-refractivity contribution is 5.96. The maximum Gasteiger partial charge on any atom is 0.251 e. The Morgan fingerprint density at radius 1 is 1.30 bits per heavy atom. The molecule has 5 heteroatoms. The molecule has 0 fully saturated rings. The second-order valence-corrected chi connectivity index (χ2v) is 4.12. The molecule has 4 N–H and O–H groups in total. The first-order valence-electron chi connectivity index (χ1n) is 6.51. The smallest absolute Gasteiger partial charge is 0.251 e. The standard InChI is InChI=1S/C15H19N3O2/c1-2-9-17-14(19)11-18-15(20)13-7-3-5-12(10-13)6-4-8-16/h3,5,7,10H,2,8-9,11,16H2,1H3,(H,17,19)(H,18,20). The molecule has 0 aromatic heterocycles. The first kappa shape index (κ1) is 15.7. The number of nitrogens with one attached hydrogen (secondary N) is 2. The highest BCUT2D eigenvalue weighted by atomic mass is 16.2. The van der Waals surface area contributed by atoms with Gasteiger partial charge < -0.3 is 16.4 Å². The molecule has 106 valence electrons. The maximum atomic E-state index is 11.9. The van der Waals surface area contributed by atoms with Gasteiger partial charge in [0.1, 0.15) is 0 Å². The van der Waals surface area contributed by atoms with Crippen molar-refractivity contribution in [2.75, 3.05) is 19.6 Å². The summed E-state index contributed by atoms with van der Waals surface area (Å²) >= 11 is 0. The van der Waals surface area contributed by atoms with Crippen LogP contribution in [0.15, 0.2) is 24.3 Å². The van der Waals surface area contributed by atoms with Crippen LogP contribution in [0.1, 0.15) is 29.3 Å². The third-order valence-corrected chi connectivity index (χ3v) is 2.44. The van der Waals surface area contributed by atoms with Gasteiger partial charge in [0.15, 0.2) is 0 Å². The van der Waals surface area contributed by atoms with Crippen LogP contribution in [0, 0.1) is 11.8 Å². The van der Waals surface area contributed by atoms with Crippen LogP contribution in [0.4, 0.5) is 0 Å². The highest BCUT2D eigenvalue weighted by Gasteiger charge is 2.07. The van der Waals surface area contributed by atoms with Gasteiger partial charge in [-0.15, -0.1) is 0 Å². The number of rotatable bonds is 5. The summed E-state index contributed by atoms with van der Waals surface area (Å²) in [6, 6.07) is 6.88. The van der Waals surface area contributed by atoms with E-state index in [1.807, 2.05) is 6.92 Å². The average molecular weight is 273 g/mol. The lowest BCUT2D eigenvalue weighted by Crippen LogP contribution is -2.37. The second-order valence-electron chi connectivity index (χ2n) is 4.12. The van der Waals surface area contributed by atoms with Crippen molar-refractivity contribution in [1.29, 1.82) is 0 Å². The first-order valence-corrected chi connectivity index (χ1v) is 6.51. The van der Waals surface area contributed by atoms with E-state index in [2.05, 4.69) is 22.5 Å². The molecule has 0 atom stereocenters. The van der Waals surface area contributed by atoms with Crippen molar-refractivity contribution in [3.05, 3.63) is 35.4 Å². The van der Waals surface area contributed by atoms with Crippen molar-refractivity contribution in [2.24, 2.45) is 5.73 Å². The largest absolute Gasteiger partial charge is 0.355 e. The zero-order chi connectivity index (χ0) is 14.8. The maximum absolute atomic E-state index is 11.9. The Kier molecular flexibility index (Phi) is 6.87. The lowest BCUT2D eigenvalue weighted by atomic mass is 10.1. The molecule has 2 amide bonds. The topological polar surface area (TPSA) is 84.2 Å². The van der Waals surface area contributed by atoms with E-state index < -0.39 is 0 Å². The van der Waals surface area contributed by atoms with Crippen LogP contribution in [0.2, 0.25) is 0 Å². The Bertz CT molecular complexity index is 529. The first-order chi connectivity index (χ1) is 9.67. The molecule has 0 saturated heterocycles. The van der Waals surface area contributed by atoms with E-state index in [0.717, 1.165) is 12.0 Å². The van der Waals surface area contributed by atoms with Crippen LogP contribution < -0.4 is 16.4 Å². The van der Waals surface area contributed by atoms with Crippen molar-refractivity contribution >= 4 is 11.8 Å². The van der Waals surface area contributed by atoms with Crippen LogP contribution >= 0.6 is 0 Å². The Balaban J connectivity index is 2.57. The molecule has 0 aliphatic heterocycles. The second kappa shape index (κ2) is 8.73. The van der Waals surface area contributed by atoms with E-state index >= 15 is 0 Å². The van der Waals surface area contributed by atoms with Gasteiger partial charge in [-0.3, -0.25) is 9.59 Å². The molecular formula is C15H19N3O2. The van der Waals surface area contributed by atoms with Gasteiger partial charge in [-0.25, -0.2) is 0 Å². The minimum Gasteiger partial charge on any atom is -0.355 e. The number of carbonyl (C=O) groups is 2. The van der Waals surface area contributed by atoms with Crippen molar-refractivity contribution in [3.63, 3.8) is 0 Å². The zero-order valence-corrected chi connectivity index (χ0v) is 11.5. The number of benzene rings is 1. The number of nitrogens with two attached hydrogens (primary N) is 1. The summed E-state index contributed by atoms with van der Waals surface area (Å²) in [5, 5.41) is 5.26. The molecule has 0 saturated carbocycles. The predicted octanol–water partition coefficient (Wildman–Crippen LogP) is 0.253. The van der Waals surface area contributed by atoms with Gasteiger partial charge in [0.2, 0.25) is 5.91 Å².